The molecule has 3 aromatic carbocycles. The average Bonchev–Trinajstić information content (AvgIpc) is 3.20. The number of ether oxygens (including phenoxy) is 4. The number of likely N-dealkylation sites (tertiary alicyclic amines) is 1. The number of nitriles is 1. The number of aromatic nitrogens is 1. The molecular formula is C43H49ClN4O7. The van der Waals surface area contributed by atoms with Crippen LogP contribution < -0.4 is 14.2 Å². The number of carboxylic acids is 1. The number of rotatable bonds is 16. The molecule has 1 aromatic heterocycles. The Labute approximate surface area is 328 Å². The maximum Gasteiger partial charge on any atom is 0.320 e. The summed E-state index contributed by atoms with van der Waals surface area (Å²) in [4.78, 5) is 20.5. The second kappa shape index (κ2) is 19.2. The lowest BCUT2D eigenvalue weighted by Gasteiger charge is -2.33. The molecule has 4 aromatic rings. The van der Waals surface area contributed by atoms with Crippen molar-refractivity contribution in [1.82, 2.24) is 14.8 Å². The number of piperidine rings is 1. The zero-order valence-corrected chi connectivity index (χ0v) is 32.3. The first-order valence-electron chi connectivity index (χ1n) is 18.9. The molecule has 290 valence electrons. The number of aliphatic hydroxyl groups excluding tert-OH is 1. The molecule has 6 rings (SSSR count). The number of hydrogen-bond donors (Lipinski definition) is 2. The van der Waals surface area contributed by atoms with E-state index >= 15 is 0 Å². The van der Waals surface area contributed by atoms with Crippen molar-refractivity contribution in [1.29, 1.82) is 5.26 Å². The van der Waals surface area contributed by atoms with Gasteiger partial charge < -0.3 is 29.2 Å². The van der Waals surface area contributed by atoms with Gasteiger partial charge in [0.1, 0.15) is 42.6 Å². The zero-order valence-electron chi connectivity index (χ0n) is 31.5. The van der Waals surface area contributed by atoms with Gasteiger partial charge in [-0.05, 0) is 85.7 Å². The van der Waals surface area contributed by atoms with Gasteiger partial charge >= 0.3 is 5.97 Å². The normalized spacial score (nSPS) is 17.7. The second-order valence-electron chi connectivity index (χ2n) is 14.2. The molecule has 2 fully saturated rings. The molecule has 0 saturated carbocycles. The van der Waals surface area contributed by atoms with E-state index in [1.807, 2.05) is 29.2 Å². The number of aliphatic carboxylic acids is 1. The minimum atomic E-state index is -0.836. The molecule has 0 amide bonds. The Hall–Kier alpha value is -4.70. The zero-order chi connectivity index (χ0) is 38.7. The van der Waals surface area contributed by atoms with Gasteiger partial charge in [-0.15, -0.1) is 0 Å². The summed E-state index contributed by atoms with van der Waals surface area (Å²) in [5.74, 6) is 0.978. The number of benzene rings is 3. The van der Waals surface area contributed by atoms with Gasteiger partial charge in [-0.2, -0.15) is 5.26 Å². The van der Waals surface area contributed by atoms with Gasteiger partial charge in [0, 0.05) is 55.8 Å². The van der Waals surface area contributed by atoms with Crippen LogP contribution in [0.15, 0.2) is 67.0 Å². The molecule has 2 aliphatic rings. The summed E-state index contributed by atoms with van der Waals surface area (Å²) in [6.45, 7) is 9.34. The van der Waals surface area contributed by atoms with Gasteiger partial charge in [0.2, 0.25) is 0 Å². The van der Waals surface area contributed by atoms with E-state index in [1.165, 1.54) is 6.20 Å². The lowest BCUT2D eigenvalue weighted by Crippen LogP contribution is -2.44. The van der Waals surface area contributed by atoms with Crippen LogP contribution in [-0.4, -0.2) is 89.1 Å². The predicted molar refractivity (Wildman–Crippen MR) is 209 cm³/mol. The Kier molecular flexibility index (Phi) is 14.0. The van der Waals surface area contributed by atoms with Crippen molar-refractivity contribution in [3.63, 3.8) is 0 Å². The van der Waals surface area contributed by atoms with Crippen molar-refractivity contribution in [3.8, 4) is 34.4 Å². The minimum Gasteiger partial charge on any atom is -0.493 e. The molecular weight excluding hydrogens is 720 g/mol. The molecule has 2 N–H and O–H groups in total. The summed E-state index contributed by atoms with van der Waals surface area (Å²) < 4.78 is 24.5. The van der Waals surface area contributed by atoms with Crippen molar-refractivity contribution in [2.45, 2.75) is 71.4 Å². The van der Waals surface area contributed by atoms with Gasteiger partial charge in [0.15, 0.2) is 0 Å². The second-order valence-corrected chi connectivity index (χ2v) is 14.6. The topological polar surface area (TPSA) is 138 Å². The van der Waals surface area contributed by atoms with Crippen molar-refractivity contribution in [3.05, 3.63) is 105 Å². The first kappa shape index (κ1) is 40.0. The summed E-state index contributed by atoms with van der Waals surface area (Å²) >= 11 is 6.86. The van der Waals surface area contributed by atoms with Crippen LogP contribution in [0.4, 0.5) is 0 Å². The number of morpholine rings is 1. The van der Waals surface area contributed by atoms with E-state index in [0.717, 1.165) is 83.6 Å². The standard InChI is InChI=1S/C43H49ClN4O7/c1-29-33(8-5-9-36(29)37-10-6-12-40(30(37)2)53-16-7-13-47-15-17-52-35(25-47)26-49)28-55-42-20-41(54-27-32-18-31(21-45)22-46-23-32)34(19-38(42)44)24-48-14-4-3-11-39(48)43(50)51/h5-6,8-10,12,18-20,22-23,35,39,49H,3-4,7,11,13-17,24-28H2,1-2H3,(H,50,51). The number of pyridine rings is 1. The van der Waals surface area contributed by atoms with Crippen LogP contribution in [0.25, 0.3) is 11.1 Å². The monoisotopic (exact) mass is 768 g/mol. The predicted octanol–water partition coefficient (Wildman–Crippen LogP) is 6.95. The van der Waals surface area contributed by atoms with E-state index in [0.29, 0.717) is 54.8 Å². The summed E-state index contributed by atoms with van der Waals surface area (Å²) in [6.07, 6.45) is 6.28. The van der Waals surface area contributed by atoms with Crippen LogP contribution in [0.1, 0.15) is 59.1 Å². The van der Waals surface area contributed by atoms with Crippen LogP contribution in [0, 0.1) is 25.2 Å². The third kappa shape index (κ3) is 10.3. The highest BCUT2D eigenvalue weighted by atomic mass is 35.5. The van der Waals surface area contributed by atoms with Crippen LogP contribution in [0.5, 0.6) is 17.2 Å². The molecule has 55 heavy (non-hydrogen) atoms. The summed E-state index contributed by atoms with van der Waals surface area (Å²) in [6, 6.07) is 19.1. The highest BCUT2D eigenvalue weighted by Crippen LogP contribution is 2.37. The molecule has 2 unspecified atom stereocenters. The number of aliphatic hydroxyl groups is 1. The van der Waals surface area contributed by atoms with Crippen molar-refractivity contribution in [2.24, 2.45) is 0 Å². The maximum atomic E-state index is 12.1. The van der Waals surface area contributed by atoms with E-state index in [9.17, 15) is 20.3 Å². The molecule has 0 spiro atoms. The quantitative estimate of drug-likeness (QED) is 0.115. The first-order valence-corrected chi connectivity index (χ1v) is 19.3. The minimum absolute atomic E-state index is 0.0407. The third-order valence-electron chi connectivity index (χ3n) is 10.4. The van der Waals surface area contributed by atoms with Gasteiger partial charge in [-0.3, -0.25) is 19.6 Å². The Morgan fingerprint density at radius 3 is 2.56 bits per heavy atom. The molecule has 2 saturated heterocycles. The number of carbonyl (C=O) groups is 1. The Balaban J connectivity index is 1.16. The largest absolute Gasteiger partial charge is 0.493 e. The molecule has 0 bridgehead atoms. The molecule has 0 radical (unpaired) electrons. The van der Waals surface area contributed by atoms with Gasteiger partial charge in [0.25, 0.3) is 0 Å². The van der Waals surface area contributed by atoms with E-state index in [4.69, 9.17) is 30.5 Å². The van der Waals surface area contributed by atoms with Crippen molar-refractivity contribution < 1.29 is 34.0 Å². The Morgan fingerprint density at radius 1 is 0.964 bits per heavy atom. The van der Waals surface area contributed by atoms with Crippen LogP contribution >= 0.6 is 11.6 Å². The maximum absolute atomic E-state index is 12.1. The van der Waals surface area contributed by atoms with E-state index in [-0.39, 0.29) is 25.9 Å². The molecule has 3 heterocycles. The average molecular weight is 769 g/mol. The fourth-order valence-corrected chi connectivity index (χ4v) is 7.57. The molecule has 11 nitrogen and oxygen atoms in total. The smallest absolute Gasteiger partial charge is 0.320 e. The van der Waals surface area contributed by atoms with Crippen LogP contribution in [0.3, 0.4) is 0 Å². The first-order chi connectivity index (χ1) is 26.7. The molecule has 2 aliphatic heterocycles. The molecule has 12 heteroatoms. The van der Waals surface area contributed by atoms with Gasteiger partial charge in [0.05, 0.1) is 36.5 Å². The lowest BCUT2D eigenvalue weighted by atomic mass is 9.93. The lowest BCUT2D eigenvalue weighted by molar-refractivity contribution is -0.144. The highest BCUT2D eigenvalue weighted by molar-refractivity contribution is 6.32. The van der Waals surface area contributed by atoms with E-state index in [2.05, 4.69) is 41.9 Å². The molecule has 2 atom stereocenters. The van der Waals surface area contributed by atoms with Gasteiger partial charge in [-0.1, -0.05) is 48.4 Å². The fraction of sp³-hybridized carbons (Fsp3) is 0.419. The molecule has 0 aliphatic carbocycles. The third-order valence-corrected chi connectivity index (χ3v) is 10.7. The van der Waals surface area contributed by atoms with Crippen LogP contribution in [-0.2, 0) is 29.3 Å². The van der Waals surface area contributed by atoms with E-state index in [1.54, 1.807) is 24.4 Å². The summed E-state index contributed by atoms with van der Waals surface area (Å²) in [5.41, 5.74) is 7.21. The fourth-order valence-electron chi connectivity index (χ4n) is 7.33. The number of carboxylic acid groups (broad SMARTS) is 1. The highest BCUT2D eigenvalue weighted by Gasteiger charge is 2.29. The van der Waals surface area contributed by atoms with Crippen molar-refractivity contribution in [2.75, 3.05) is 46.0 Å². The van der Waals surface area contributed by atoms with Crippen molar-refractivity contribution >= 4 is 17.6 Å². The van der Waals surface area contributed by atoms with Gasteiger partial charge in [-0.25, -0.2) is 0 Å². The summed E-state index contributed by atoms with van der Waals surface area (Å²) in [7, 11) is 0. The Bertz CT molecular complexity index is 1990. The Morgan fingerprint density at radius 2 is 1.76 bits per heavy atom. The SMILES string of the molecule is Cc1c(COc2cc(OCc3cncc(C#N)c3)c(CN3CCCCC3C(=O)O)cc2Cl)cccc1-c1cccc(OCCCN2CCOC(CO)C2)c1C. The number of hydrogen-bond acceptors (Lipinski definition) is 10. The van der Waals surface area contributed by atoms with Crippen LogP contribution in [0.2, 0.25) is 5.02 Å². The number of halogens is 1. The van der Waals surface area contributed by atoms with E-state index < -0.39 is 12.0 Å². The summed E-state index contributed by atoms with van der Waals surface area (Å²) in [5, 5.41) is 29.1. The number of nitrogens with zero attached hydrogens (tertiary/aromatic N) is 4.